The zero-order chi connectivity index (χ0) is 16.1. The van der Waals surface area contributed by atoms with Gasteiger partial charge in [0.25, 0.3) is 0 Å². The van der Waals surface area contributed by atoms with Crippen LogP contribution in [0.15, 0.2) is 48.5 Å². The van der Waals surface area contributed by atoms with Crippen LogP contribution in [0.25, 0.3) is 0 Å². The zero-order valence-electron chi connectivity index (χ0n) is 12.9. The predicted molar refractivity (Wildman–Crippen MR) is 92.4 cm³/mol. The Morgan fingerprint density at radius 3 is 2.32 bits per heavy atom. The van der Waals surface area contributed by atoms with Gasteiger partial charge in [-0.15, -0.1) is 5.92 Å². The lowest BCUT2D eigenvalue weighted by atomic mass is 10.1. The fraction of sp³-hybridized carbons (Fsp3) is 0.211. The molecule has 0 atom stereocenters. The molecular weight excluding hydrogens is 294 g/mol. The van der Waals surface area contributed by atoms with Crippen LogP contribution in [0.1, 0.15) is 26.3 Å². The first-order chi connectivity index (χ1) is 10.5. The van der Waals surface area contributed by atoms with Gasteiger partial charge in [-0.1, -0.05) is 43.5 Å². The van der Waals surface area contributed by atoms with E-state index in [0.29, 0.717) is 5.02 Å². The zero-order valence-corrected chi connectivity index (χ0v) is 13.7. The number of anilines is 2. The molecule has 0 saturated carbocycles. The van der Waals surface area contributed by atoms with Crippen LogP contribution in [0.5, 0.6) is 0 Å². The summed E-state index contributed by atoms with van der Waals surface area (Å²) in [5, 5.41) is 0.641. The van der Waals surface area contributed by atoms with E-state index < -0.39 is 0 Å². The lowest BCUT2D eigenvalue weighted by molar-refractivity contribution is -0.120. The smallest absolute Gasteiger partial charge is 0.234 e. The van der Waals surface area contributed by atoms with Gasteiger partial charge in [-0.3, -0.25) is 9.69 Å². The maximum atomic E-state index is 12.7. The van der Waals surface area contributed by atoms with Gasteiger partial charge in [0.2, 0.25) is 5.91 Å². The molecule has 0 aliphatic heterocycles. The average molecular weight is 312 g/mol. The summed E-state index contributed by atoms with van der Waals surface area (Å²) < 4.78 is 0. The number of para-hydroxylation sites is 1. The molecule has 0 fully saturated rings. The number of halogens is 1. The van der Waals surface area contributed by atoms with Gasteiger partial charge in [0.1, 0.15) is 0 Å². The molecule has 0 radical (unpaired) electrons. The third-order valence-corrected chi connectivity index (χ3v) is 3.46. The van der Waals surface area contributed by atoms with Crippen molar-refractivity contribution in [2.24, 2.45) is 5.92 Å². The van der Waals surface area contributed by atoms with E-state index in [1.807, 2.05) is 50.2 Å². The highest BCUT2D eigenvalue weighted by Gasteiger charge is 2.22. The number of carbonyl (C=O) groups is 1. The van der Waals surface area contributed by atoms with Crippen molar-refractivity contribution in [2.75, 3.05) is 4.90 Å². The van der Waals surface area contributed by atoms with Crippen LogP contribution in [-0.2, 0) is 4.79 Å². The van der Waals surface area contributed by atoms with E-state index in [4.69, 9.17) is 11.6 Å². The first-order valence-electron chi connectivity index (χ1n) is 7.16. The van der Waals surface area contributed by atoms with Gasteiger partial charge in [0.15, 0.2) is 0 Å². The Bertz CT molecular complexity index is 723. The first-order valence-corrected chi connectivity index (χ1v) is 7.53. The van der Waals surface area contributed by atoms with Crippen molar-refractivity contribution in [1.82, 2.24) is 0 Å². The van der Waals surface area contributed by atoms with Crippen LogP contribution < -0.4 is 4.90 Å². The van der Waals surface area contributed by atoms with Crippen LogP contribution in [0.2, 0.25) is 5.02 Å². The average Bonchev–Trinajstić information content (AvgIpc) is 2.51. The molecule has 2 rings (SSSR count). The Hall–Kier alpha value is -2.24. The van der Waals surface area contributed by atoms with Crippen molar-refractivity contribution in [2.45, 2.75) is 20.8 Å². The largest absolute Gasteiger partial charge is 0.280 e. The van der Waals surface area contributed by atoms with Crippen LogP contribution in [0, 0.1) is 17.8 Å². The van der Waals surface area contributed by atoms with E-state index >= 15 is 0 Å². The standard InChI is InChI=1S/C19H18ClNO/c1-4-7-15-8-5-6-9-18(15)21(19(22)14(2)3)17-12-10-16(20)11-13-17/h5-6,8-14H,1-3H3. The van der Waals surface area contributed by atoms with E-state index in [2.05, 4.69) is 11.8 Å². The minimum Gasteiger partial charge on any atom is -0.280 e. The molecule has 22 heavy (non-hydrogen) atoms. The molecule has 0 N–H and O–H groups in total. The molecule has 0 aliphatic carbocycles. The summed E-state index contributed by atoms with van der Waals surface area (Å²) in [5.74, 6) is 5.85. The van der Waals surface area contributed by atoms with Crippen molar-refractivity contribution >= 4 is 28.9 Å². The van der Waals surface area contributed by atoms with E-state index in [0.717, 1.165) is 16.9 Å². The molecule has 3 heteroatoms. The van der Waals surface area contributed by atoms with Crippen LogP contribution in [-0.4, -0.2) is 5.91 Å². The maximum absolute atomic E-state index is 12.7. The Morgan fingerprint density at radius 1 is 1.09 bits per heavy atom. The number of amides is 1. The van der Waals surface area contributed by atoms with Crippen molar-refractivity contribution in [3.63, 3.8) is 0 Å². The second-order valence-electron chi connectivity index (χ2n) is 5.20. The summed E-state index contributed by atoms with van der Waals surface area (Å²) in [7, 11) is 0. The quantitative estimate of drug-likeness (QED) is 0.728. The second-order valence-corrected chi connectivity index (χ2v) is 5.63. The molecule has 0 saturated heterocycles. The molecule has 112 valence electrons. The van der Waals surface area contributed by atoms with E-state index in [-0.39, 0.29) is 11.8 Å². The Morgan fingerprint density at radius 2 is 1.73 bits per heavy atom. The number of benzene rings is 2. The fourth-order valence-corrected chi connectivity index (χ4v) is 2.27. The van der Waals surface area contributed by atoms with Crippen LogP contribution in [0.3, 0.4) is 0 Å². The van der Waals surface area contributed by atoms with Crippen molar-refractivity contribution < 1.29 is 4.79 Å². The van der Waals surface area contributed by atoms with Crippen molar-refractivity contribution in [3.8, 4) is 11.8 Å². The van der Waals surface area contributed by atoms with Crippen LogP contribution >= 0.6 is 11.6 Å². The molecule has 0 aliphatic rings. The highest BCUT2D eigenvalue weighted by atomic mass is 35.5. The highest BCUT2D eigenvalue weighted by molar-refractivity contribution is 6.30. The summed E-state index contributed by atoms with van der Waals surface area (Å²) in [6, 6.07) is 14.9. The van der Waals surface area contributed by atoms with Gasteiger partial charge in [-0.25, -0.2) is 0 Å². The normalized spacial score (nSPS) is 10.0. The third kappa shape index (κ3) is 3.50. The number of hydrogen-bond acceptors (Lipinski definition) is 1. The van der Waals surface area contributed by atoms with Gasteiger partial charge >= 0.3 is 0 Å². The SMILES string of the molecule is CC#Cc1ccccc1N(C(=O)C(C)C)c1ccc(Cl)cc1. The van der Waals surface area contributed by atoms with Gasteiger partial charge in [-0.05, 0) is 43.3 Å². The first kappa shape index (κ1) is 16.1. The molecule has 1 amide bonds. The minimum atomic E-state index is -0.127. The molecule has 2 nitrogen and oxygen atoms in total. The third-order valence-electron chi connectivity index (χ3n) is 3.20. The van der Waals surface area contributed by atoms with E-state index in [9.17, 15) is 4.79 Å². The Kier molecular flexibility index (Phi) is 5.25. The fourth-order valence-electron chi connectivity index (χ4n) is 2.14. The summed E-state index contributed by atoms with van der Waals surface area (Å²) >= 11 is 5.96. The molecule has 0 unspecified atom stereocenters. The van der Waals surface area contributed by atoms with E-state index in [1.165, 1.54) is 0 Å². The van der Waals surface area contributed by atoms with Crippen molar-refractivity contribution in [3.05, 3.63) is 59.1 Å². The minimum absolute atomic E-state index is 0.0210. The lowest BCUT2D eigenvalue weighted by Crippen LogP contribution is -2.30. The Labute approximate surface area is 136 Å². The topological polar surface area (TPSA) is 20.3 Å². The number of rotatable bonds is 3. The molecule has 2 aromatic rings. The number of carbonyl (C=O) groups excluding carboxylic acids is 1. The van der Waals surface area contributed by atoms with Gasteiger partial charge in [0, 0.05) is 22.2 Å². The molecule has 2 aromatic carbocycles. The van der Waals surface area contributed by atoms with Gasteiger partial charge < -0.3 is 0 Å². The highest BCUT2D eigenvalue weighted by Crippen LogP contribution is 2.30. The Balaban J connectivity index is 2.61. The van der Waals surface area contributed by atoms with Crippen molar-refractivity contribution in [1.29, 1.82) is 0 Å². The summed E-state index contributed by atoms with van der Waals surface area (Å²) in [6.07, 6.45) is 0. The number of hydrogen-bond donors (Lipinski definition) is 0. The predicted octanol–water partition coefficient (Wildman–Crippen LogP) is 5.03. The maximum Gasteiger partial charge on any atom is 0.234 e. The lowest BCUT2D eigenvalue weighted by Gasteiger charge is -2.26. The molecular formula is C19H18ClNO. The molecule has 0 bridgehead atoms. The second kappa shape index (κ2) is 7.15. The van der Waals surface area contributed by atoms with Gasteiger partial charge in [-0.2, -0.15) is 0 Å². The molecule has 0 heterocycles. The van der Waals surface area contributed by atoms with Crippen LogP contribution in [0.4, 0.5) is 11.4 Å². The number of nitrogens with zero attached hydrogens (tertiary/aromatic N) is 1. The molecule has 0 spiro atoms. The monoisotopic (exact) mass is 311 g/mol. The summed E-state index contributed by atoms with van der Waals surface area (Å²) in [6.45, 7) is 5.56. The van der Waals surface area contributed by atoms with E-state index in [1.54, 1.807) is 24.0 Å². The van der Waals surface area contributed by atoms with Gasteiger partial charge in [0.05, 0.1) is 5.69 Å². The molecule has 0 aromatic heterocycles. The summed E-state index contributed by atoms with van der Waals surface area (Å²) in [5.41, 5.74) is 2.40. The summed E-state index contributed by atoms with van der Waals surface area (Å²) in [4.78, 5) is 14.4.